The SMILES string of the molecule is CC(C)C(NC(=O)c1ccc2nc(C(F)F)[nH]c2c1)c1ccc2c(c1)OCCO2. The number of benzene rings is 2. The Morgan fingerprint density at radius 2 is 1.86 bits per heavy atom. The predicted octanol–water partition coefficient (Wildman–Crippen LogP) is 4.40. The van der Waals surface area contributed by atoms with Crippen LogP contribution in [0.4, 0.5) is 8.78 Å². The number of carbonyl (C=O) groups is 1. The first-order valence-corrected chi connectivity index (χ1v) is 9.40. The number of nitrogens with zero attached hydrogens (tertiary/aromatic N) is 1. The summed E-state index contributed by atoms with van der Waals surface area (Å²) in [6.45, 7) is 5.02. The van der Waals surface area contributed by atoms with E-state index in [1.54, 1.807) is 12.1 Å². The molecule has 1 atom stereocenters. The molecule has 1 aliphatic rings. The summed E-state index contributed by atoms with van der Waals surface area (Å²) < 4.78 is 36.9. The van der Waals surface area contributed by atoms with E-state index in [0.717, 1.165) is 5.56 Å². The number of carbonyl (C=O) groups excluding carboxylic acids is 1. The fourth-order valence-corrected chi connectivity index (χ4v) is 3.39. The number of fused-ring (bicyclic) bond motifs is 2. The van der Waals surface area contributed by atoms with E-state index in [9.17, 15) is 13.6 Å². The van der Waals surface area contributed by atoms with Gasteiger partial charge in [-0.2, -0.15) is 0 Å². The largest absolute Gasteiger partial charge is 0.486 e. The number of hydrogen-bond donors (Lipinski definition) is 2. The van der Waals surface area contributed by atoms with Gasteiger partial charge in [0.1, 0.15) is 13.2 Å². The van der Waals surface area contributed by atoms with Crippen molar-refractivity contribution in [2.45, 2.75) is 26.3 Å². The van der Waals surface area contributed by atoms with Crippen LogP contribution in [0.3, 0.4) is 0 Å². The standard InChI is InChI=1S/C21H21F2N3O3/c1-11(2)18(12-4-6-16-17(10-12)29-8-7-28-16)26-21(27)13-3-5-14-15(9-13)25-20(24-14)19(22)23/h3-6,9-11,18-19H,7-8H2,1-2H3,(H,24,25)(H,26,27). The van der Waals surface area contributed by atoms with Crippen molar-refractivity contribution in [2.24, 2.45) is 5.92 Å². The molecule has 0 radical (unpaired) electrons. The molecule has 2 heterocycles. The Morgan fingerprint density at radius 3 is 2.59 bits per heavy atom. The van der Waals surface area contributed by atoms with Gasteiger partial charge in [-0.15, -0.1) is 0 Å². The number of amides is 1. The number of alkyl halides is 2. The van der Waals surface area contributed by atoms with Crippen molar-refractivity contribution in [1.82, 2.24) is 15.3 Å². The predicted molar refractivity (Wildman–Crippen MR) is 104 cm³/mol. The fourth-order valence-electron chi connectivity index (χ4n) is 3.39. The summed E-state index contributed by atoms with van der Waals surface area (Å²) in [7, 11) is 0. The molecule has 1 aliphatic heterocycles. The quantitative estimate of drug-likeness (QED) is 0.665. The van der Waals surface area contributed by atoms with E-state index in [0.29, 0.717) is 41.3 Å². The monoisotopic (exact) mass is 401 g/mol. The number of hydrogen-bond acceptors (Lipinski definition) is 4. The van der Waals surface area contributed by atoms with Crippen LogP contribution in [-0.2, 0) is 0 Å². The molecule has 4 rings (SSSR count). The molecule has 0 saturated heterocycles. The van der Waals surface area contributed by atoms with E-state index in [1.807, 2.05) is 32.0 Å². The van der Waals surface area contributed by atoms with E-state index in [4.69, 9.17) is 9.47 Å². The van der Waals surface area contributed by atoms with Crippen LogP contribution in [-0.4, -0.2) is 29.1 Å². The van der Waals surface area contributed by atoms with Gasteiger partial charge in [0.25, 0.3) is 12.3 Å². The highest BCUT2D eigenvalue weighted by Crippen LogP contribution is 2.34. The summed E-state index contributed by atoms with van der Waals surface area (Å²) in [5.74, 6) is 0.755. The summed E-state index contributed by atoms with van der Waals surface area (Å²) in [4.78, 5) is 19.2. The van der Waals surface area contributed by atoms with Gasteiger partial charge in [-0.1, -0.05) is 19.9 Å². The van der Waals surface area contributed by atoms with Gasteiger partial charge in [0.2, 0.25) is 0 Å². The topological polar surface area (TPSA) is 76.2 Å². The Kier molecular flexibility index (Phi) is 5.08. The lowest BCUT2D eigenvalue weighted by molar-refractivity contribution is 0.0925. The lowest BCUT2D eigenvalue weighted by Crippen LogP contribution is -2.31. The lowest BCUT2D eigenvalue weighted by Gasteiger charge is -2.25. The maximum absolute atomic E-state index is 12.9. The van der Waals surface area contributed by atoms with Gasteiger partial charge in [0.15, 0.2) is 17.3 Å². The molecule has 1 unspecified atom stereocenters. The molecule has 0 fully saturated rings. The van der Waals surface area contributed by atoms with Gasteiger partial charge in [-0.25, -0.2) is 13.8 Å². The third-order valence-corrected chi connectivity index (χ3v) is 4.85. The smallest absolute Gasteiger partial charge is 0.295 e. The summed E-state index contributed by atoms with van der Waals surface area (Å²) in [5, 5.41) is 3.03. The molecule has 3 aromatic rings. The van der Waals surface area contributed by atoms with Crippen molar-refractivity contribution in [2.75, 3.05) is 13.2 Å². The van der Waals surface area contributed by atoms with E-state index >= 15 is 0 Å². The molecule has 1 amide bonds. The highest BCUT2D eigenvalue weighted by Gasteiger charge is 2.22. The molecule has 8 heteroatoms. The zero-order chi connectivity index (χ0) is 20.5. The van der Waals surface area contributed by atoms with Crippen LogP contribution < -0.4 is 14.8 Å². The number of aromatic nitrogens is 2. The van der Waals surface area contributed by atoms with Crippen LogP contribution in [0.5, 0.6) is 11.5 Å². The summed E-state index contributed by atoms with van der Waals surface area (Å²) in [5.41, 5.74) is 2.06. The molecule has 29 heavy (non-hydrogen) atoms. The number of imidazole rings is 1. The molecular weight excluding hydrogens is 380 g/mol. The lowest BCUT2D eigenvalue weighted by atomic mass is 9.95. The Hall–Kier alpha value is -3.16. The highest BCUT2D eigenvalue weighted by atomic mass is 19.3. The van der Waals surface area contributed by atoms with Crippen LogP contribution in [0.2, 0.25) is 0 Å². The molecule has 0 saturated carbocycles. The summed E-state index contributed by atoms with van der Waals surface area (Å²) >= 11 is 0. The number of aromatic amines is 1. The molecular formula is C21H21F2N3O3. The maximum Gasteiger partial charge on any atom is 0.295 e. The van der Waals surface area contributed by atoms with Gasteiger partial charge < -0.3 is 19.8 Å². The number of ether oxygens (including phenoxy) is 2. The second-order valence-electron chi connectivity index (χ2n) is 7.25. The van der Waals surface area contributed by atoms with Crippen LogP contribution in [0.15, 0.2) is 36.4 Å². The van der Waals surface area contributed by atoms with Gasteiger partial charge in [0.05, 0.1) is 17.1 Å². The molecule has 0 spiro atoms. The first-order valence-electron chi connectivity index (χ1n) is 9.40. The van der Waals surface area contributed by atoms with Crippen LogP contribution in [0, 0.1) is 5.92 Å². The number of rotatable bonds is 5. The second-order valence-corrected chi connectivity index (χ2v) is 7.25. The molecule has 6 nitrogen and oxygen atoms in total. The van der Waals surface area contributed by atoms with Crippen molar-refractivity contribution in [3.63, 3.8) is 0 Å². The van der Waals surface area contributed by atoms with Crippen LogP contribution >= 0.6 is 0 Å². The third-order valence-electron chi connectivity index (χ3n) is 4.85. The van der Waals surface area contributed by atoms with Crippen molar-refractivity contribution in [3.8, 4) is 11.5 Å². The summed E-state index contributed by atoms with van der Waals surface area (Å²) in [6.07, 6.45) is -2.69. The third kappa shape index (κ3) is 3.87. The molecule has 2 aromatic carbocycles. The van der Waals surface area contributed by atoms with Crippen molar-refractivity contribution in [1.29, 1.82) is 0 Å². The van der Waals surface area contributed by atoms with Gasteiger partial charge in [0, 0.05) is 5.56 Å². The van der Waals surface area contributed by atoms with E-state index in [1.165, 1.54) is 6.07 Å². The van der Waals surface area contributed by atoms with Gasteiger partial charge in [-0.05, 0) is 41.8 Å². The van der Waals surface area contributed by atoms with Crippen molar-refractivity contribution in [3.05, 3.63) is 53.3 Å². The van der Waals surface area contributed by atoms with Gasteiger partial charge >= 0.3 is 0 Å². The van der Waals surface area contributed by atoms with Crippen molar-refractivity contribution >= 4 is 16.9 Å². The average Bonchev–Trinajstić information content (AvgIpc) is 3.15. The van der Waals surface area contributed by atoms with Crippen molar-refractivity contribution < 1.29 is 23.0 Å². The molecule has 152 valence electrons. The maximum atomic E-state index is 12.9. The minimum Gasteiger partial charge on any atom is -0.486 e. The second kappa shape index (κ2) is 7.69. The number of halogens is 2. The van der Waals surface area contributed by atoms with Gasteiger partial charge in [-0.3, -0.25) is 4.79 Å². The number of H-pyrrole nitrogens is 1. The Bertz CT molecular complexity index is 1050. The number of nitrogens with one attached hydrogen (secondary N) is 2. The van der Waals surface area contributed by atoms with E-state index < -0.39 is 12.2 Å². The molecule has 2 N–H and O–H groups in total. The summed E-state index contributed by atoms with van der Waals surface area (Å²) in [6, 6.07) is 10.0. The first kappa shape index (κ1) is 19.2. The Balaban J connectivity index is 1.58. The van der Waals surface area contributed by atoms with Crippen LogP contribution in [0.1, 0.15) is 48.1 Å². The van der Waals surface area contributed by atoms with E-state index in [-0.39, 0.29) is 17.9 Å². The molecule has 1 aromatic heterocycles. The molecule has 0 bridgehead atoms. The first-order chi connectivity index (χ1) is 13.9. The highest BCUT2D eigenvalue weighted by molar-refractivity contribution is 5.97. The Morgan fingerprint density at radius 1 is 1.10 bits per heavy atom. The normalized spacial score (nSPS) is 14.4. The zero-order valence-corrected chi connectivity index (χ0v) is 16.0. The minimum absolute atomic E-state index is 0.114. The Labute approximate surface area is 166 Å². The minimum atomic E-state index is -2.69. The van der Waals surface area contributed by atoms with E-state index in [2.05, 4.69) is 15.3 Å². The zero-order valence-electron chi connectivity index (χ0n) is 16.0. The van der Waals surface area contributed by atoms with Crippen LogP contribution in [0.25, 0.3) is 11.0 Å². The molecule has 0 aliphatic carbocycles. The average molecular weight is 401 g/mol. The fraction of sp³-hybridized carbons (Fsp3) is 0.333.